The number of ether oxygens (including phenoxy) is 1. The van der Waals surface area contributed by atoms with Crippen molar-refractivity contribution < 1.29 is 9.84 Å². The number of aromatic nitrogens is 2. The predicted molar refractivity (Wildman–Crippen MR) is 71.6 cm³/mol. The van der Waals surface area contributed by atoms with Crippen LogP contribution in [0.25, 0.3) is 0 Å². The van der Waals surface area contributed by atoms with Gasteiger partial charge in [-0.05, 0) is 25.0 Å². The highest BCUT2D eigenvalue weighted by molar-refractivity contribution is 5.62. The lowest BCUT2D eigenvalue weighted by molar-refractivity contribution is 0.175. The van der Waals surface area contributed by atoms with Crippen molar-refractivity contribution in [2.75, 3.05) is 12.4 Å². The minimum absolute atomic E-state index is 0.469. The first-order chi connectivity index (χ1) is 9.28. The molecule has 0 saturated carbocycles. The van der Waals surface area contributed by atoms with Crippen LogP contribution in [0.4, 0.5) is 11.5 Å². The molecule has 5 nitrogen and oxygen atoms in total. The molecular formula is C14H15N3O2. The lowest BCUT2D eigenvalue weighted by Gasteiger charge is -2.10. The van der Waals surface area contributed by atoms with E-state index in [0.29, 0.717) is 6.42 Å². The fourth-order valence-electron chi connectivity index (χ4n) is 2.32. The van der Waals surface area contributed by atoms with Gasteiger partial charge in [0.05, 0.1) is 18.9 Å². The fraction of sp³-hybridized carbons (Fsp3) is 0.286. The van der Waals surface area contributed by atoms with Crippen molar-refractivity contribution in [1.29, 1.82) is 0 Å². The molecule has 2 N–H and O–H groups in total. The summed E-state index contributed by atoms with van der Waals surface area (Å²) in [5, 5.41) is 13.1. The van der Waals surface area contributed by atoms with Gasteiger partial charge in [0, 0.05) is 17.3 Å². The average Bonchev–Trinajstić information content (AvgIpc) is 2.82. The summed E-state index contributed by atoms with van der Waals surface area (Å²) in [6, 6.07) is 7.65. The molecule has 0 amide bonds. The Bertz CT molecular complexity index is 601. The van der Waals surface area contributed by atoms with Gasteiger partial charge in [0.15, 0.2) is 0 Å². The number of hydrogen-bond donors (Lipinski definition) is 2. The van der Waals surface area contributed by atoms with Gasteiger partial charge in [-0.3, -0.25) is 0 Å². The van der Waals surface area contributed by atoms with Crippen molar-refractivity contribution in [3.8, 4) is 5.75 Å². The zero-order valence-corrected chi connectivity index (χ0v) is 10.6. The molecule has 3 rings (SSSR count). The van der Waals surface area contributed by atoms with E-state index in [0.717, 1.165) is 34.9 Å². The lowest BCUT2D eigenvalue weighted by atomic mass is 10.2. The predicted octanol–water partition coefficient (Wildman–Crippen LogP) is 2.21. The van der Waals surface area contributed by atoms with E-state index in [-0.39, 0.29) is 0 Å². The molecule has 0 spiro atoms. The number of aliphatic hydroxyl groups excluding tert-OH is 1. The summed E-state index contributed by atoms with van der Waals surface area (Å²) in [7, 11) is 1.64. The summed E-state index contributed by atoms with van der Waals surface area (Å²) in [5.74, 6) is 1.55. The van der Waals surface area contributed by atoms with Gasteiger partial charge in [0.2, 0.25) is 0 Å². The number of methoxy groups -OCH3 is 1. The van der Waals surface area contributed by atoms with Crippen LogP contribution >= 0.6 is 0 Å². The Morgan fingerprint density at radius 2 is 2.26 bits per heavy atom. The Morgan fingerprint density at radius 1 is 1.37 bits per heavy atom. The quantitative estimate of drug-likeness (QED) is 0.882. The topological polar surface area (TPSA) is 67.3 Å². The van der Waals surface area contributed by atoms with E-state index in [1.54, 1.807) is 7.11 Å². The van der Waals surface area contributed by atoms with E-state index in [1.165, 1.54) is 6.33 Å². The molecule has 0 radical (unpaired) electrons. The molecule has 1 unspecified atom stereocenters. The smallest absolute Gasteiger partial charge is 0.137 e. The first kappa shape index (κ1) is 11.9. The molecule has 1 aliphatic carbocycles. The average molecular weight is 257 g/mol. The third kappa shape index (κ3) is 2.24. The van der Waals surface area contributed by atoms with Crippen LogP contribution in [0, 0.1) is 0 Å². The Kier molecular flexibility index (Phi) is 3.05. The van der Waals surface area contributed by atoms with E-state index < -0.39 is 6.10 Å². The largest absolute Gasteiger partial charge is 0.497 e. The number of nitrogens with zero attached hydrogens (tertiary/aromatic N) is 2. The summed E-state index contributed by atoms with van der Waals surface area (Å²) in [4.78, 5) is 8.41. The third-order valence-corrected chi connectivity index (χ3v) is 3.29. The van der Waals surface area contributed by atoms with Crippen molar-refractivity contribution in [1.82, 2.24) is 9.97 Å². The van der Waals surface area contributed by atoms with Crippen LogP contribution in [0.1, 0.15) is 23.8 Å². The number of nitrogens with one attached hydrogen (secondary N) is 1. The monoisotopic (exact) mass is 257 g/mol. The second-order valence-electron chi connectivity index (χ2n) is 4.50. The van der Waals surface area contributed by atoms with E-state index in [4.69, 9.17) is 4.74 Å². The van der Waals surface area contributed by atoms with Gasteiger partial charge in [-0.15, -0.1) is 0 Å². The van der Waals surface area contributed by atoms with Gasteiger partial charge in [-0.1, -0.05) is 6.07 Å². The first-order valence-corrected chi connectivity index (χ1v) is 6.21. The molecule has 0 bridgehead atoms. The zero-order chi connectivity index (χ0) is 13.2. The van der Waals surface area contributed by atoms with E-state index in [9.17, 15) is 5.11 Å². The van der Waals surface area contributed by atoms with Crippen LogP contribution in [0.3, 0.4) is 0 Å². The zero-order valence-electron chi connectivity index (χ0n) is 10.6. The minimum atomic E-state index is -0.469. The second-order valence-corrected chi connectivity index (χ2v) is 4.50. The van der Waals surface area contributed by atoms with Crippen LogP contribution in [0.5, 0.6) is 5.75 Å². The molecule has 98 valence electrons. The lowest BCUT2D eigenvalue weighted by Crippen LogP contribution is -2.02. The molecule has 0 saturated heterocycles. The highest BCUT2D eigenvalue weighted by Crippen LogP contribution is 2.34. The van der Waals surface area contributed by atoms with E-state index >= 15 is 0 Å². The van der Waals surface area contributed by atoms with Crippen molar-refractivity contribution in [2.45, 2.75) is 18.9 Å². The van der Waals surface area contributed by atoms with E-state index in [2.05, 4.69) is 15.3 Å². The molecule has 1 aromatic carbocycles. The Labute approximate surface area is 111 Å². The Balaban J connectivity index is 1.92. The normalized spacial score (nSPS) is 17.1. The maximum absolute atomic E-state index is 9.82. The number of benzene rings is 1. The summed E-state index contributed by atoms with van der Waals surface area (Å²) < 4.78 is 5.19. The summed E-state index contributed by atoms with van der Waals surface area (Å²) in [6.45, 7) is 0. The molecular weight excluding hydrogens is 242 g/mol. The van der Waals surface area contributed by atoms with Crippen molar-refractivity contribution in [3.05, 3.63) is 41.9 Å². The van der Waals surface area contributed by atoms with Crippen molar-refractivity contribution >= 4 is 11.5 Å². The van der Waals surface area contributed by atoms with Crippen LogP contribution in [-0.2, 0) is 6.42 Å². The van der Waals surface area contributed by atoms with Gasteiger partial charge >= 0.3 is 0 Å². The summed E-state index contributed by atoms with van der Waals surface area (Å²) >= 11 is 0. The molecule has 5 heteroatoms. The van der Waals surface area contributed by atoms with E-state index in [1.807, 2.05) is 24.3 Å². The van der Waals surface area contributed by atoms with Gasteiger partial charge in [-0.2, -0.15) is 0 Å². The summed E-state index contributed by atoms with van der Waals surface area (Å²) in [6.07, 6.45) is 2.52. The highest BCUT2D eigenvalue weighted by atomic mass is 16.5. The number of anilines is 2. The first-order valence-electron chi connectivity index (χ1n) is 6.21. The van der Waals surface area contributed by atoms with Gasteiger partial charge < -0.3 is 15.2 Å². The third-order valence-electron chi connectivity index (χ3n) is 3.29. The van der Waals surface area contributed by atoms with Crippen LogP contribution in [-0.4, -0.2) is 22.2 Å². The number of aliphatic hydroxyl groups is 1. The number of fused-ring (bicyclic) bond motifs is 1. The highest BCUT2D eigenvalue weighted by Gasteiger charge is 2.25. The number of hydrogen-bond acceptors (Lipinski definition) is 5. The van der Waals surface area contributed by atoms with Crippen LogP contribution < -0.4 is 10.1 Å². The summed E-state index contributed by atoms with van der Waals surface area (Å²) in [5.41, 5.74) is 2.64. The van der Waals surface area contributed by atoms with Gasteiger partial charge in [-0.25, -0.2) is 9.97 Å². The SMILES string of the molecule is COc1cccc(Nc2ncnc3c2CCC3O)c1. The van der Waals surface area contributed by atoms with Crippen molar-refractivity contribution in [2.24, 2.45) is 0 Å². The maximum atomic E-state index is 9.82. The maximum Gasteiger partial charge on any atom is 0.137 e. The Morgan fingerprint density at radius 3 is 3.11 bits per heavy atom. The standard InChI is InChI=1S/C14H15N3O2/c1-19-10-4-2-3-9(7-10)17-14-11-5-6-12(18)13(11)15-8-16-14/h2-4,7-8,12,18H,5-6H2,1H3,(H,15,16,17). The molecule has 19 heavy (non-hydrogen) atoms. The van der Waals surface area contributed by atoms with Crippen molar-refractivity contribution in [3.63, 3.8) is 0 Å². The fourth-order valence-corrected chi connectivity index (χ4v) is 2.32. The van der Waals surface area contributed by atoms with Crippen LogP contribution in [0.2, 0.25) is 0 Å². The molecule has 1 aliphatic rings. The second kappa shape index (κ2) is 4.85. The molecule has 1 heterocycles. The number of rotatable bonds is 3. The molecule has 2 aromatic rings. The minimum Gasteiger partial charge on any atom is -0.497 e. The van der Waals surface area contributed by atoms with Crippen LogP contribution in [0.15, 0.2) is 30.6 Å². The molecule has 0 fully saturated rings. The molecule has 1 aromatic heterocycles. The molecule has 1 atom stereocenters. The van der Waals surface area contributed by atoms with Gasteiger partial charge in [0.1, 0.15) is 17.9 Å². The Hall–Kier alpha value is -2.14. The molecule has 0 aliphatic heterocycles. The van der Waals surface area contributed by atoms with Gasteiger partial charge in [0.25, 0.3) is 0 Å².